The highest BCUT2D eigenvalue weighted by Crippen LogP contribution is 2.34. The molecule has 1 aromatic rings. The Labute approximate surface area is 105 Å². The molecular weight excluding hydrogens is 228 g/mol. The fraction of sp³-hybridized carbons (Fsp3) is 0.286. The lowest BCUT2D eigenvalue weighted by Crippen LogP contribution is -2.57. The molecule has 0 saturated carbocycles. The number of allylic oxidation sites excluding steroid dienone is 2. The van der Waals surface area contributed by atoms with E-state index >= 15 is 0 Å². The van der Waals surface area contributed by atoms with Crippen LogP contribution in [0.3, 0.4) is 0 Å². The van der Waals surface area contributed by atoms with E-state index in [1.165, 1.54) is 6.26 Å². The summed E-state index contributed by atoms with van der Waals surface area (Å²) in [4.78, 5) is 10.9. The van der Waals surface area contributed by atoms with Crippen molar-refractivity contribution in [2.45, 2.75) is 25.8 Å². The van der Waals surface area contributed by atoms with Crippen molar-refractivity contribution in [1.82, 2.24) is 0 Å². The van der Waals surface area contributed by atoms with Gasteiger partial charge in [-0.3, -0.25) is 0 Å². The van der Waals surface area contributed by atoms with Gasteiger partial charge in [0.2, 0.25) is 0 Å². The molecule has 0 fully saturated rings. The Hall–Kier alpha value is -1.32. The van der Waals surface area contributed by atoms with Crippen molar-refractivity contribution in [2.75, 3.05) is 0 Å². The van der Waals surface area contributed by atoms with Crippen LogP contribution in [-0.4, -0.2) is 13.4 Å². The van der Waals surface area contributed by atoms with Crippen LogP contribution in [0, 0.1) is 0 Å². The van der Waals surface area contributed by atoms with Gasteiger partial charge in [0.25, 0.3) is 0 Å². The minimum Gasteiger partial charge on any atom is -0.523 e. The maximum absolute atomic E-state index is 10.9. The second kappa shape index (κ2) is 5.34. The standard InChI is InChI=1S/C14H20O2Si/c1-5-6-12-16-17(15,14(2,3)4)13-10-8-7-9-11-13/h5-12,15H,1H2,2-4H3/b12-6+/t17-/m0/s1. The molecule has 0 unspecified atom stereocenters. The molecule has 0 bridgehead atoms. The minimum atomic E-state index is -3.00. The second-order valence-corrected chi connectivity index (χ2v) is 8.54. The van der Waals surface area contributed by atoms with E-state index in [0.717, 1.165) is 5.19 Å². The van der Waals surface area contributed by atoms with Gasteiger partial charge in [-0.1, -0.05) is 63.8 Å². The number of hydrogen-bond acceptors (Lipinski definition) is 2. The molecule has 0 saturated heterocycles. The molecule has 1 aromatic carbocycles. The molecule has 0 radical (unpaired) electrons. The molecule has 2 nitrogen and oxygen atoms in total. The highest BCUT2D eigenvalue weighted by Gasteiger charge is 2.49. The van der Waals surface area contributed by atoms with Gasteiger partial charge in [-0.25, -0.2) is 0 Å². The molecule has 0 amide bonds. The number of hydrogen-bond donors (Lipinski definition) is 1. The Morgan fingerprint density at radius 2 is 1.82 bits per heavy atom. The van der Waals surface area contributed by atoms with Gasteiger partial charge in [0.15, 0.2) is 0 Å². The van der Waals surface area contributed by atoms with Crippen LogP contribution in [0.1, 0.15) is 20.8 Å². The quantitative estimate of drug-likeness (QED) is 0.504. The average Bonchev–Trinajstić information content (AvgIpc) is 2.29. The maximum atomic E-state index is 10.9. The van der Waals surface area contributed by atoms with Crippen molar-refractivity contribution in [1.29, 1.82) is 0 Å². The van der Waals surface area contributed by atoms with E-state index in [9.17, 15) is 4.80 Å². The molecule has 0 aliphatic rings. The molecule has 0 heterocycles. The van der Waals surface area contributed by atoms with Gasteiger partial charge >= 0.3 is 8.56 Å². The van der Waals surface area contributed by atoms with Crippen molar-refractivity contribution < 1.29 is 9.22 Å². The van der Waals surface area contributed by atoms with Gasteiger partial charge in [0, 0.05) is 10.2 Å². The summed E-state index contributed by atoms with van der Waals surface area (Å²) in [6, 6.07) is 9.60. The van der Waals surface area contributed by atoms with Crippen LogP contribution in [0.15, 0.2) is 55.3 Å². The van der Waals surface area contributed by atoms with Crippen LogP contribution >= 0.6 is 0 Å². The SMILES string of the molecule is C=C/C=C/O[Si@@](O)(c1ccccc1)C(C)(C)C. The zero-order valence-electron chi connectivity index (χ0n) is 10.7. The van der Waals surface area contributed by atoms with Crippen LogP contribution in [0.2, 0.25) is 5.04 Å². The predicted molar refractivity (Wildman–Crippen MR) is 74.2 cm³/mol. The molecule has 0 aromatic heterocycles. The van der Waals surface area contributed by atoms with Crippen LogP contribution < -0.4 is 5.19 Å². The average molecular weight is 248 g/mol. The summed E-state index contributed by atoms with van der Waals surface area (Å²) in [6.07, 6.45) is 4.84. The third kappa shape index (κ3) is 3.08. The highest BCUT2D eigenvalue weighted by atomic mass is 28.4. The first-order chi connectivity index (χ1) is 7.92. The summed E-state index contributed by atoms with van der Waals surface area (Å²) in [6.45, 7) is 9.56. The second-order valence-electron chi connectivity index (χ2n) is 4.94. The topological polar surface area (TPSA) is 29.5 Å². The van der Waals surface area contributed by atoms with Gasteiger partial charge < -0.3 is 9.22 Å². The van der Waals surface area contributed by atoms with E-state index in [1.54, 1.807) is 12.2 Å². The Morgan fingerprint density at radius 1 is 1.24 bits per heavy atom. The molecular formula is C14H20O2Si. The van der Waals surface area contributed by atoms with Crippen LogP contribution in [-0.2, 0) is 4.43 Å². The van der Waals surface area contributed by atoms with Crippen molar-refractivity contribution in [3.05, 3.63) is 55.3 Å². The molecule has 0 aliphatic heterocycles. The zero-order chi connectivity index (χ0) is 12.9. The third-order valence-electron chi connectivity index (χ3n) is 2.63. The smallest absolute Gasteiger partial charge is 0.436 e. The van der Waals surface area contributed by atoms with Crippen molar-refractivity contribution in [2.24, 2.45) is 0 Å². The van der Waals surface area contributed by atoms with E-state index in [2.05, 4.69) is 6.58 Å². The van der Waals surface area contributed by atoms with Gasteiger partial charge in [-0.05, 0) is 6.08 Å². The van der Waals surface area contributed by atoms with Crippen LogP contribution in [0.5, 0.6) is 0 Å². The Morgan fingerprint density at radius 3 is 2.29 bits per heavy atom. The first-order valence-corrected chi connectivity index (χ1v) is 7.50. The summed E-state index contributed by atoms with van der Waals surface area (Å²) >= 11 is 0. The highest BCUT2D eigenvalue weighted by molar-refractivity contribution is 6.82. The van der Waals surface area contributed by atoms with Gasteiger partial charge in [-0.2, -0.15) is 0 Å². The van der Waals surface area contributed by atoms with E-state index in [-0.39, 0.29) is 5.04 Å². The molecule has 1 rings (SSSR count). The van der Waals surface area contributed by atoms with E-state index in [4.69, 9.17) is 4.43 Å². The summed E-state index contributed by atoms with van der Waals surface area (Å²) in [7, 11) is -3.00. The summed E-state index contributed by atoms with van der Waals surface area (Å²) in [5, 5.41) is 0.570. The Kier molecular flexibility index (Phi) is 4.32. The van der Waals surface area contributed by atoms with Crippen molar-refractivity contribution >= 4 is 13.7 Å². The number of rotatable bonds is 4. The summed E-state index contributed by atoms with van der Waals surface area (Å²) in [5.74, 6) is 0. The molecule has 0 spiro atoms. The molecule has 3 heteroatoms. The van der Waals surface area contributed by atoms with E-state index < -0.39 is 8.56 Å². The summed E-state index contributed by atoms with van der Waals surface area (Å²) in [5.41, 5.74) is 0. The van der Waals surface area contributed by atoms with Gasteiger partial charge in [-0.15, -0.1) is 0 Å². The first-order valence-electron chi connectivity index (χ1n) is 5.65. The lowest BCUT2D eigenvalue weighted by Gasteiger charge is -2.35. The largest absolute Gasteiger partial charge is 0.523 e. The lowest BCUT2D eigenvalue weighted by molar-refractivity contribution is 0.307. The number of benzene rings is 1. The molecule has 1 N–H and O–H groups in total. The molecule has 0 aliphatic carbocycles. The van der Waals surface area contributed by atoms with Crippen molar-refractivity contribution in [3.8, 4) is 0 Å². The fourth-order valence-corrected chi connectivity index (χ4v) is 3.81. The van der Waals surface area contributed by atoms with E-state index in [1.807, 2.05) is 51.1 Å². The molecule has 17 heavy (non-hydrogen) atoms. The third-order valence-corrected chi connectivity index (χ3v) is 6.26. The minimum absolute atomic E-state index is 0.306. The first kappa shape index (κ1) is 13.7. The van der Waals surface area contributed by atoms with Gasteiger partial charge in [0.05, 0.1) is 6.26 Å². The van der Waals surface area contributed by atoms with Crippen LogP contribution in [0.25, 0.3) is 0 Å². The summed E-state index contributed by atoms with van der Waals surface area (Å²) < 4.78 is 5.66. The maximum Gasteiger partial charge on any atom is 0.436 e. The predicted octanol–water partition coefficient (Wildman–Crippen LogP) is 2.84. The zero-order valence-corrected chi connectivity index (χ0v) is 11.7. The Bertz CT molecular complexity index is 392. The monoisotopic (exact) mass is 248 g/mol. The molecule has 1 atom stereocenters. The Balaban J connectivity index is 3.11. The van der Waals surface area contributed by atoms with Gasteiger partial charge in [0.1, 0.15) is 0 Å². The van der Waals surface area contributed by atoms with Crippen molar-refractivity contribution in [3.63, 3.8) is 0 Å². The fourth-order valence-electron chi connectivity index (χ4n) is 1.54. The lowest BCUT2D eigenvalue weighted by atomic mass is 10.2. The normalized spacial score (nSPS) is 15.5. The van der Waals surface area contributed by atoms with Crippen LogP contribution in [0.4, 0.5) is 0 Å². The molecule has 92 valence electrons. The van der Waals surface area contributed by atoms with E-state index in [0.29, 0.717) is 0 Å².